The van der Waals surface area contributed by atoms with E-state index in [1.54, 1.807) is 19.2 Å². The van der Waals surface area contributed by atoms with Crippen LogP contribution < -0.4 is 4.74 Å². The summed E-state index contributed by atoms with van der Waals surface area (Å²) in [5, 5.41) is 9.24. The molecule has 0 radical (unpaired) electrons. The third-order valence-electron chi connectivity index (χ3n) is 5.51. The van der Waals surface area contributed by atoms with Gasteiger partial charge in [-0.2, -0.15) is 0 Å². The van der Waals surface area contributed by atoms with Crippen molar-refractivity contribution in [1.82, 2.24) is 4.90 Å². The maximum atomic E-state index is 11.3. The van der Waals surface area contributed by atoms with E-state index in [0.717, 1.165) is 37.1 Å². The second-order valence-corrected chi connectivity index (χ2v) is 7.88. The Labute approximate surface area is 179 Å². The van der Waals surface area contributed by atoms with Gasteiger partial charge >= 0.3 is 5.97 Å². The van der Waals surface area contributed by atoms with E-state index in [1.807, 2.05) is 18.2 Å². The Morgan fingerprint density at radius 2 is 1.97 bits per heavy atom. The van der Waals surface area contributed by atoms with Gasteiger partial charge in [0.05, 0.1) is 12.7 Å². The highest BCUT2D eigenvalue weighted by Gasteiger charge is 2.29. The van der Waals surface area contributed by atoms with Gasteiger partial charge in [0.25, 0.3) is 0 Å². The normalized spacial score (nSPS) is 20.3. The van der Waals surface area contributed by atoms with Gasteiger partial charge in [-0.25, -0.2) is 4.79 Å². The maximum absolute atomic E-state index is 11.3. The van der Waals surface area contributed by atoms with Crippen molar-refractivity contribution in [1.29, 1.82) is 0 Å². The van der Waals surface area contributed by atoms with Crippen molar-refractivity contribution < 1.29 is 14.6 Å². The molecule has 1 saturated carbocycles. The standard InChI is InChI=1S/C24H29NO3.ClH/c1-25(2)16-21-11-10-18(12-17-6-4-8-20(13-17)24(26)27)14-23(21)19-7-5-9-22(15-19)28-3;/h4-9,12-13,15,21,23H,10-11,14,16H2,1-3H3,(H,26,27);1H/b18-12+;/t21-,23+;/m0./s1. The number of nitrogens with zero attached hydrogens (tertiary/aromatic N) is 1. The molecule has 29 heavy (non-hydrogen) atoms. The molecule has 2 atom stereocenters. The summed E-state index contributed by atoms with van der Waals surface area (Å²) in [6, 6.07) is 15.6. The van der Waals surface area contributed by atoms with Crippen LogP contribution in [0.2, 0.25) is 0 Å². The number of hydrogen-bond acceptors (Lipinski definition) is 3. The second kappa shape index (κ2) is 10.5. The molecule has 0 spiro atoms. The third kappa shape index (κ3) is 6.09. The van der Waals surface area contributed by atoms with Gasteiger partial charge in [-0.15, -0.1) is 12.4 Å². The molecule has 0 unspecified atom stereocenters. The van der Waals surface area contributed by atoms with Gasteiger partial charge in [0.1, 0.15) is 5.75 Å². The molecule has 4 nitrogen and oxygen atoms in total. The van der Waals surface area contributed by atoms with Gasteiger partial charge in [-0.1, -0.05) is 35.9 Å². The lowest BCUT2D eigenvalue weighted by Gasteiger charge is -2.35. The molecule has 1 N–H and O–H groups in total. The minimum Gasteiger partial charge on any atom is -0.497 e. The van der Waals surface area contributed by atoms with Gasteiger partial charge in [0.2, 0.25) is 0 Å². The average Bonchev–Trinajstić information content (AvgIpc) is 2.69. The first-order chi connectivity index (χ1) is 13.5. The third-order valence-corrected chi connectivity index (χ3v) is 5.51. The molecule has 0 aromatic heterocycles. The largest absolute Gasteiger partial charge is 0.497 e. The number of carboxylic acids is 1. The number of allylic oxidation sites excluding steroid dienone is 1. The summed E-state index contributed by atoms with van der Waals surface area (Å²) in [6.45, 7) is 1.06. The topological polar surface area (TPSA) is 49.8 Å². The van der Waals surface area contributed by atoms with Gasteiger partial charge in [-0.05, 0) is 80.6 Å². The van der Waals surface area contributed by atoms with Crippen molar-refractivity contribution in [3.63, 3.8) is 0 Å². The highest BCUT2D eigenvalue weighted by molar-refractivity contribution is 5.88. The summed E-state index contributed by atoms with van der Waals surface area (Å²) in [7, 11) is 5.97. The molecule has 5 heteroatoms. The van der Waals surface area contributed by atoms with Gasteiger partial charge in [0, 0.05) is 6.54 Å². The van der Waals surface area contributed by atoms with E-state index in [9.17, 15) is 9.90 Å². The number of rotatable bonds is 6. The predicted octanol–water partition coefficient (Wildman–Crippen LogP) is 5.34. The van der Waals surface area contributed by atoms with E-state index < -0.39 is 5.97 Å². The van der Waals surface area contributed by atoms with E-state index in [2.05, 4.69) is 43.3 Å². The lowest BCUT2D eigenvalue weighted by atomic mass is 9.73. The average molecular weight is 416 g/mol. The first kappa shape index (κ1) is 23.0. The van der Waals surface area contributed by atoms with E-state index in [0.29, 0.717) is 17.4 Å². The SMILES string of the molecule is COc1cccc([C@H]2C/C(=C/c3cccc(C(=O)O)c3)CC[C@H]2CN(C)C)c1.Cl. The van der Waals surface area contributed by atoms with Crippen LogP contribution in [0.3, 0.4) is 0 Å². The zero-order chi connectivity index (χ0) is 20.1. The van der Waals surface area contributed by atoms with Crippen LogP contribution in [-0.2, 0) is 0 Å². The van der Waals surface area contributed by atoms with Crippen LogP contribution in [0.1, 0.15) is 46.7 Å². The summed E-state index contributed by atoms with van der Waals surface area (Å²) < 4.78 is 5.44. The Bertz CT molecular complexity index is 863. The Kier molecular flexibility index (Phi) is 8.30. The number of ether oxygens (including phenoxy) is 1. The van der Waals surface area contributed by atoms with Gasteiger partial charge < -0.3 is 14.7 Å². The Hall–Kier alpha value is -2.30. The number of aromatic carboxylic acids is 1. The van der Waals surface area contributed by atoms with Crippen molar-refractivity contribution in [3.05, 3.63) is 70.8 Å². The van der Waals surface area contributed by atoms with E-state index in [1.165, 1.54) is 11.1 Å². The monoisotopic (exact) mass is 415 g/mol. The summed E-state index contributed by atoms with van der Waals surface area (Å²) in [6.07, 6.45) is 5.34. The zero-order valence-corrected chi connectivity index (χ0v) is 18.1. The molecule has 1 aliphatic carbocycles. The Morgan fingerprint density at radius 3 is 2.66 bits per heavy atom. The van der Waals surface area contributed by atoms with Gasteiger partial charge in [-0.3, -0.25) is 0 Å². The quantitative estimate of drug-likeness (QED) is 0.691. The summed E-state index contributed by atoms with van der Waals surface area (Å²) in [5.41, 5.74) is 3.99. The van der Waals surface area contributed by atoms with Crippen LogP contribution in [0.15, 0.2) is 54.1 Å². The summed E-state index contributed by atoms with van der Waals surface area (Å²) >= 11 is 0. The molecule has 2 aromatic carbocycles. The number of carboxylic acid groups (broad SMARTS) is 1. The van der Waals surface area contributed by atoms with Gasteiger partial charge in [0.15, 0.2) is 0 Å². The zero-order valence-electron chi connectivity index (χ0n) is 17.3. The fourth-order valence-electron chi connectivity index (χ4n) is 4.20. The van der Waals surface area contributed by atoms with Crippen LogP contribution >= 0.6 is 12.4 Å². The smallest absolute Gasteiger partial charge is 0.335 e. The number of halogens is 1. The number of methoxy groups -OCH3 is 1. The molecule has 1 aliphatic rings. The highest BCUT2D eigenvalue weighted by atomic mass is 35.5. The lowest BCUT2D eigenvalue weighted by Crippen LogP contribution is -2.29. The minimum absolute atomic E-state index is 0. The molecule has 1 fully saturated rings. The van der Waals surface area contributed by atoms with Crippen LogP contribution in [0.4, 0.5) is 0 Å². The first-order valence-electron chi connectivity index (χ1n) is 9.77. The van der Waals surface area contributed by atoms with Crippen molar-refractivity contribution in [2.24, 2.45) is 5.92 Å². The molecule has 3 rings (SSSR count). The minimum atomic E-state index is -0.885. The second-order valence-electron chi connectivity index (χ2n) is 7.88. The van der Waals surface area contributed by atoms with Crippen molar-refractivity contribution >= 4 is 24.5 Å². The van der Waals surface area contributed by atoms with Crippen LogP contribution in [0.5, 0.6) is 5.75 Å². The first-order valence-corrected chi connectivity index (χ1v) is 9.77. The molecule has 2 aromatic rings. The maximum Gasteiger partial charge on any atom is 0.335 e. The Balaban J connectivity index is 0.00000300. The number of benzene rings is 2. The molecule has 0 bridgehead atoms. The Morgan fingerprint density at radius 1 is 1.21 bits per heavy atom. The molecule has 0 saturated heterocycles. The van der Waals surface area contributed by atoms with Crippen LogP contribution in [0, 0.1) is 5.92 Å². The molecular weight excluding hydrogens is 386 g/mol. The summed E-state index contributed by atoms with van der Waals surface area (Å²) in [4.78, 5) is 13.5. The number of carbonyl (C=O) groups is 1. The van der Waals surface area contributed by atoms with E-state index in [-0.39, 0.29) is 12.4 Å². The molecule has 156 valence electrons. The van der Waals surface area contributed by atoms with E-state index >= 15 is 0 Å². The fourth-order valence-corrected chi connectivity index (χ4v) is 4.20. The van der Waals surface area contributed by atoms with Crippen LogP contribution in [-0.4, -0.2) is 43.7 Å². The molecule has 0 aliphatic heterocycles. The van der Waals surface area contributed by atoms with Crippen LogP contribution in [0.25, 0.3) is 6.08 Å². The fraction of sp³-hybridized carbons (Fsp3) is 0.375. The predicted molar refractivity (Wildman–Crippen MR) is 120 cm³/mol. The van der Waals surface area contributed by atoms with E-state index in [4.69, 9.17) is 4.74 Å². The molecular formula is C24H30ClNO3. The molecule has 0 amide bonds. The highest BCUT2D eigenvalue weighted by Crippen LogP contribution is 2.42. The summed E-state index contributed by atoms with van der Waals surface area (Å²) in [5.74, 6) is 1.03. The number of hydrogen-bond donors (Lipinski definition) is 1. The van der Waals surface area contributed by atoms with Crippen molar-refractivity contribution in [2.45, 2.75) is 25.2 Å². The molecule has 0 heterocycles. The van der Waals surface area contributed by atoms with Crippen molar-refractivity contribution in [2.75, 3.05) is 27.7 Å². The van der Waals surface area contributed by atoms with Crippen molar-refractivity contribution in [3.8, 4) is 5.75 Å². The lowest BCUT2D eigenvalue weighted by molar-refractivity contribution is 0.0697.